The number of benzene rings is 2. The topological polar surface area (TPSA) is 85.7 Å². The van der Waals surface area contributed by atoms with Gasteiger partial charge in [0.25, 0.3) is 0 Å². The fourth-order valence-corrected chi connectivity index (χ4v) is 3.91. The van der Waals surface area contributed by atoms with Crippen molar-refractivity contribution in [2.24, 2.45) is 0 Å². The van der Waals surface area contributed by atoms with Crippen LogP contribution in [0.2, 0.25) is 5.02 Å². The van der Waals surface area contributed by atoms with Gasteiger partial charge in [0.2, 0.25) is 5.91 Å². The van der Waals surface area contributed by atoms with Crippen LogP contribution < -0.4 is 11.0 Å². The van der Waals surface area contributed by atoms with Crippen molar-refractivity contribution < 1.29 is 4.79 Å². The zero-order chi connectivity index (χ0) is 23.3. The number of rotatable bonds is 4. The molecule has 0 saturated heterocycles. The lowest BCUT2D eigenvalue weighted by Gasteiger charge is -2.08. The van der Waals surface area contributed by atoms with Gasteiger partial charge in [-0.1, -0.05) is 29.8 Å². The Bertz CT molecular complexity index is 1610. The zero-order valence-electron chi connectivity index (χ0n) is 18.3. The van der Waals surface area contributed by atoms with Crippen molar-refractivity contribution in [3.63, 3.8) is 0 Å². The van der Waals surface area contributed by atoms with Gasteiger partial charge in [-0.2, -0.15) is 5.10 Å². The monoisotopic (exact) mass is 460 g/mol. The highest BCUT2D eigenvalue weighted by Gasteiger charge is 2.16. The van der Waals surface area contributed by atoms with Crippen molar-refractivity contribution in [2.75, 3.05) is 5.32 Å². The number of aromatic nitrogens is 5. The number of anilines is 1. The molecule has 0 bridgehead atoms. The Morgan fingerprint density at radius 1 is 0.970 bits per heavy atom. The number of halogens is 1. The number of aryl methyl sites for hydroxylation is 3. The molecular formula is C24H21ClN6O2. The summed E-state index contributed by atoms with van der Waals surface area (Å²) in [7, 11) is 0. The van der Waals surface area contributed by atoms with Crippen molar-refractivity contribution in [2.45, 2.75) is 27.3 Å². The van der Waals surface area contributed by atoms with E-state index in [0.29, 0.717) is 21.9 Å². The molecule has 33 heavy (non-hydrogen) atoms. The van der Waals surface area contributed by atoms with Crippen LogP contribution in [-0.4, -0.2) is 29.7 Å². The van der Waals surface area contributed by atoms with Crippen LogP contribution in [0.25, 0.3) is 22.4 Å². The lowest BCUT2D eigenvalue weighted by atomic mass is 10.0. The molecule has 1 amide bonds. The van der Waals surface area contributed by atoms with Gasteiger partial charge in [0, 0.05) is 28.7 Å². The minimum atomic E-state index is -0.403. The van der Waals surface area contributed by atoms with E-state index in [4.69, 9.17) is 11.6 Å². The number of carbonyl (C=O) groups is 1. The number of nitrogens with one attached hydrogen (secondary N) is 1. The van der Waals surface area contributed by atoms with Gasteiger partial charge in [-0.25, -0.2) is 18.4 Å². The molecule has 3 heterocycles. The summed E-state index contributed by atoms with van der Waals surface area (Å²) in [5.41, 5.74) is 6.32. The third kappa shape index (κ3) is 3.78. The Hall–Kier alpha value is -3.91. The largest absolute Gasteiger partial charge is 0.350 e. The Morgan fingerprint density at radius 2 is 1.76 bits per heavy atom. The molecule has 0 unspecified atom stereocenters. The predicted octanol–water partition coefficient (Wildman–Crippen LogP) is 4.03. The van der Waals surface area contributed by atoms with Gasteiger partial charge in [-0.05, 0) is 61.7 Å². The van der Waals surface area contributed by atoms with Gasteiger partial charge < -0.3 is 5.32 Å². The van der Waals surface area contributed by atoms with Crippen LogP contribution in [0.1, 0.15) is 16.7 Å². The SMILES string of the molecule is Cc1ccc(-c2cc3c4nn(CC(=O)Nc5cc(Cl)ccc5C)c(=O)n4ccn3n2)cc1C. The second kappa shape index (κ2) is 7.90. The number of fused-ring (bicyclic) bond motifs is 3. The van der Waals surface area contributed by atoms with E-state index in [9.17, 15) is 9.59 Å². The second-order valence-corrected chi connectivity index (χ2v) is 8.53. The minimum Gasteiger partial charge on any atom is -0.324 e. The smallest absolute Gasteiger partial charge is 0.324 e. The van der Waals surface area contributed by atoms with Gasteiger partial charge in [-0.15, -0.1) is 5.10 Å². The first kappa shape index (κ1) is 21.0. The van der Waals surface area contributed by atoms with Gasteiger partial charge in [0.15, 0.2) is 5.65 Å². The normalized spacial score (nSPS) is 11.4. The van der Waals surface area contributed by atoms with Crippen LogP contribution in [0.5, 0.6) is 0 Å². The summed E-state index contributed by atoms with van der Waals surface area (Å²) in [5.74, 6) is -0.369. The molecule has 0 fully saturated rings. The lowest BCUT2D eigenvalue weighted by Crippen LogP contribution is -2.28. The van der Waals surface area contributed by atoms with Crippen LogP contribution in [0.4, 0.5) is 5.69 Å². The number of nitrogens with zero attached hydrogens (tertiary/aromatic N) is 5. The number of hydrogen-bond acceptors (Lipinski definition) is 4. The summed E-state index contributed by atoms with van der Waals surface area (Å²) >= 11 is 6.03. The van der Waals surface area contributed by atoms with Crippen LogP contribution in [-0.2, 0) is 11.3 Å². The standard InChI is InChI=1S/C24H21ClN6O2/c1-14-4-6-17(10-16(14)3)20-12-21-23-28-31(24(33)29(23)8-9-30(21)27-20)13-22(32)26-19-11-18(25)7-5-15(19)2/h4-12H,13H2,1-3H3,(H,26,32). The Morgan fingerprint density at radius 3 is 2.55 bits per heavy atom. The van der Waals surface area contributed by atoms with Crippen LogP contribution >= 0.6 is 11.6 Å². The van der Waals surface area contributed by atoms with Crippen LogP contribution in [0.15, 0.2) is 59.7 Å². The molecule has 9 heteroatoms. The molecule has 0 radical (unpaired) electrons. The first-order valence-electron chi connectivity index (χ1n) is 10.4. The third-order valence-corrected chi connectivity index (χ3v) is 6.00. The Labute approximate surface area is 194 Å². The van der Waals surface area contributed by atoms with E-state index in [-0.39, 0.29) is 12.5 Å². The van der Waals surface area contributed by atoms with E-state index in [0.717, 1.165) is 21.5 Å². The molecule has 1 N–H and O–H groups in total. The summed E-state index contributed by atoms with van der Waals surface area (Å²) in [6, 6.07) is 13.3. The summed E-state index contributed by atoms with van der Waals surface area (Å²) < 4.78 is 4.25. The van der Waals surface area contributed by atoms with Crippen molar-refractivity contribution in [1.29, 1.82) is 0 Å². The van der Waals surface area contributed by atoms with E-state index in [2.05, 4.69) is 41.5 Å². The summed E-state index contributed by atoms with van der Waals surface area (Å²) in [5, 5.41) is 12.4. The fourth-order valence-electron chi connectivity index (χ4n) is 3.73. The second-order valence-electron chi connectivity index (χ2n) is 8.10. The Kier molecular flexibility index (Phi) is 5.02. The highest BCUT2D eigenvalue weighted by Crippen LogP contribution is 2.24. The average molecular weight is 461 g/mol. The van der Waals surface area contributed by atoms with Crippen molar-refractivity contribution in [3.05, 3.63) is 87.1 Å². The lowest BCUT2D eigenvalue weighted by molar-refractivity contribution is -0.117. The number of amides is 1. The molecule has 3 aromatic heterocycles. The van der Waals surface area contributed by atoms with Crippen LogP contribution in [0.3, 0.4) is 0 Å². The molecule has 0 spiro atoms. The maximum atomic E-state index is 12.9. The average Bonchev–Trinajstić information content (AvgIpc) is 3.34. The van der Waals surface area contributed by atoms with E-state index >= 15 is 0 Å². The molecule has 2 aromatic carbocycles. The summed E-state index contributed by atoms with van der Waals surface area (Å²) in [6.07, 6.45) is 3.31. The minimum absolute atomic E-state index is 0.225. The van der Waals surface area contributed by atoms with Crippen LogP contribution in [0, 0.1) is 20.8 Å². The fraction of sp³-hybridized carbons (Fsp3) is 0.167. The van der Waals surface area contributed by atoms with Crippen molar-refractivity contribution >= 4 is 34.4 Å². The molecule has 0 aliphatic rings. The van der Waals surface area contributed by atoms with Gasteiger partial charge in [0.05, 0.1) is 5.69 Å². The van der Waals surface area contributed by atoms with E-state index in [1.165, 1.54) is 15.5 Å². The van der Waals surface area contributed by atoms with E-state index in [1.54, 1.807) is 29.0 Å². The van der Waals surface area contributed by atoms with Crippen molar-refractivity contribution in [1.82, 2.24) is 23.8 Å². The highest BCUT2D eigenvalue weighted by atomic mass is 35.5. The van der Waals surface area contributed by atoms with Gasteiger partial charge in [-0.3, -0.25) is 4.79 Å². The first-order chi connectivity index (χ1) is 15.8. The summed E-state index contributed by atoms with van der Waals surface area (Å²) in [6.45, 7) is 5.77. The maximum Gasteiger partial charge on any atom is 0.350 e. The highest BCUT2D eigenvalue weighted by molar-refractivity contribution is 6.31. The first-order valence-corrected chi connectivity index (χ1v) is 10.8. The quantitative estimate of drug-likeness (QED) is 0.438. The molecule has 0 aliphatic carbocycles. The van der Waals surface area contributed by atoms with Gasteiger partial charge in [0.1, 0.15) is 12.1 Å². The molecule has 166 valence electrons. The predicted molar refractivity (Wildman–Crippen MR) is 128 cm³/mol. The van der Waals surface area contributed by atoms with Crippen molar-refractivity contribution in [3.8, 4) is 11.3 Å². The summed E-state index contributed by atoms with van der Waals surface area (Å²) in [4.78, 5) is 25.5. The zero-order valence-corrected chi connectivity index (χ0v) is 19.1. The third-order valence-electron chi connectivity index (χ3n) is 5.76. The van der Waals surface area contributed by atoms with E-state index in [1.807, 2.05) is 25.1 Å². The molecule has 0 saturated carbocycles. The van der Waals surface area contributed by atoms with E-state index < -0.39 is 5.69 Å². The molecule has 8 nitrogen and oxygen atoms in total. The number of hydrogen-bond donors (Lipinski definition) is 1. The molecule has 0 aliphatic heterocycles. The van der Waals surface area contributed by atoms with Gasteiger partial charge >= 0.3 is 5.69 Å². The molecule has 5 rings (SSSR count). The maximum absolute atomic E-state index is 12.9. The Balaban J connectivity index is 1.50. The number of carbonyl (C=O) groups excluding carboxylic acids is 1. The molecular weight excluding hydrogens is 440 g/mol. The molecule has 5 aromatic rings. The molecule has 0 atom stereocenters.